The maximum atomic E-state index is 5.58. The van der Waals surface area contributed by atoms with Gasteiger partial charge in [-0.3, -0.25) is 0 Å². The SMILES string of the molecule is [CH]1OCCCC1[C@H]1CCCO1. The number of rotatable bonds is 1. The lowest BCUT2D eigenvalue weighted by Crippen LogP contribution is -2.24. The second kappa shape index (κ2) is 3.55. The lowest BCUT2D eigenvalue weighted by Gasteiger charge is -2.25. The summed E-state index contributed by atoms with van der Waals surface area (Å²) in [5.74, 6) is 0.575. The van der Waals surface area contributed by atoms with Gasteiger partial charge in [0.25, 0.3) is 0 Å². The van der Waals surface area contributed by atoms with E-state index in [-0.39, 0.29) is 0 Å². The Hall–Kier alpha value is -0.0800. The van der Waals surface area contributed by atoms with Crippen LogP contribution in [0.15, 0.2) is 0 Å². The summed E-state index contributed by atoms with van der Waals surface area (Å²) in [7, 11) is 0. The van der Waals surface area contributed by atoms with Gasteiger partial charge in [0.15, 0.2) is 0 Å². The van der Waals surface area contributed by atoms with Crippen LogP contribution in [0.25, 0.3) is 0 Å². The third-order valence-electron chi connectivity index (χ3n) is 2.51. The molecule has 0 aromatic carbocycles. The third kappa shape index (κ3) is 1.74. The molecule has 2 saturated heterocycles. The predicted molar refractivity (Wildman–Crippen MR) is 42.0 cm³/mol. The minimum absolute atomic E-state index is 0.468. The molecule has 0 bridgehead atoms. The summed E-state index contributed by atoms with van der Waals surface area (Å²) in [4.78, 5) is 0. The molecule has 0 aromatic rings. The summed E-state index contributed by atoms with van der Waals surface area (Å²) in [6, 6.07) is 0. The Kier molecular flexibility index (Phi) is 2.44. The van der Waals surface area contributed by atoms with Crippen LogP contribution in [0.2, 0.25) is 0 Å². The van der Waals surface area contributed by atoms with E-state index in [0.29, 0.717) is 12.0 Å². The summed E-state index contributed by atoms with van der Waals surface area (Å²) in [6.07, 6.45) is 5.38. The molecule has 1 unspecified atom stereocenters. The van der Waals surface area contributed by atoms with Crippen molar-refractivity contribution in [3.8, 4) is 0 Å². The smallest absolute Gasteiger partial charge is 0.0893 e. The van der Waals surface area contributed by atoms with Gasteiger partial charge in [-0.2, -0.15) is 0 Å². The molecule has 0 amide bonds. The lowest BCUT2D eigenvalue weighted by molar-refractivity contribution is 0.0152. The fraction of sp³-hybridized carbons (Fsp3) is 0.889. The zero-order chi connectivity index (χ0) is 7.52. The molecule has 2 nitrogen and oxygen atoms in total. The highest BCUT2D eigenvalue weighted by molar-refractivity contribution is 4.82. The van der Waals surface area contributed by atoms with Gasteiger partial charge in [0, 0.05) is 19.1 Å². The maximum Gasteiger partial charge on any atom is 0.0893 e. The van der Waals surface area contributed by atoms with Crippen LogP contribution in [-0.4, -0.2) is 19.3 Å². The van der Waals surface area contributed by atoms with Crippen LogP contribution in [0.3, 0.4) is 0 Å². The third-order valence-corrected chi connectivity index (χ3v) is 2.51. The molecule has 0 aromatic heterocycles. The molecular formula is C9H15O2. The van der Waals surface area contributed by atoms with Crippen LogP contribution >= 0.6 is 0 Å². The minimum atomic E-state index is 0.468. The van der Waals surface area contributed by atoms with E-state index in [2.05, 4.69) is 0 Å². The van der Waals surface area contributed by atoms with Crippen molar-refractivity contribution in [2.45, 2.75) is 31.8 Å². The molecule has 0 N–H and O–H groups in total. The Morgan fingerprint density at radius 1 is 1.09 bits per heavy atom. The van der Waals surface area contributed by atoms with E-state index < -0.39 is 0 Å². The molecule has 0 saturated carbocycles. The molecule has 11 heavy (non-hydrogen) atoms. The van der Waals surface area contributed by atoms with Crippen molar-refractivity contribution in [1.29, 1.82) is 0 Å². The Morgan fingerprint density at radius 2 is 2.00 bits per heavy atom. The van der Waals surface area contributed by atoms with Crippen molar-refractivity contribution in [2.75, 3.05) is 13.2 Å². The van der Waals surface area contributed by atoms with E-state index in [9.17, 15) is 0 Å². The largest absolute Gasteiger partial charge is 0.378 e. The molecular weight excluding hydrogens is 140 g/mol. The quantitative estimate of drug-likeness (QED) is 0.574. The molecule has 2 rings (SSSR count). The van der Waals surface area contributed by atoms with Crippen LogP contribution in [0.4, 0.5) is 0 Å². The number of ether oxygens (including phenoxy) is 2. The summed E-state index contributed by atoms with van der Waals surface area (Å²) in [6.45, 7) is 3.84. The second-order valence-electron chi connectivity index (χ2n) is 3.36. The molecule has 0 spiro atoms. The van der Waals surface area contributed by atoms with E-state index >= 15 is 0 Å². The highest BCUT2D eigenvalue weighted by Crippen LogP contribution is 2.28. The Morgan fingerprint density at radius 3 is 2.64 bits per heavy atom. The van der Waals surface area contributed by atoms with Crippen LogP contribution < -0.4 is 0 Å². The average molecular weight is 155 g/mol. The Bertz CT molecular complexity index is 113. The number of hydrogen-bond acceptors (Lipinski definition) is 2. The standard InChI is InChI=1S/C9H15O2/c1-3-8(7-10-5-1)9-4-2-6-11-9/h7-9H,1-6H2/t8?,9-/m1/s1. The topological polar surface area (TPSA) is 18.5 Å². The molecule has 2 aliphatic rings. The molecule has 2 aliphatic heterocycles. The van der Waals surface area contributed by atoms with Crippen molar-refractivity contribution in [3.05, 3.63) is 6.61 Å². The van der Waals surface area contributed by atoms with Gasteiger partial charge in [-0.1, -0.05) is 0 Å². The molecule has 63 valence electrons. The van der Waals surface area contributed by atoms with E-state index in [4.69, 9.17) is 9.47 Å². The van der Waals surface area contributed by atoms with Gasteiger partial charge in [-0.25, -0.2) is 0 Å². The molecule has 2 atom stereocenters. The van der Waals surface area contributed by atoms with Crippen molar-refractivity contribution < 1.29 is 9.47 Å². The van der Waals surface area contributed by atoms with Gasteiger partial charge < -0.3 is 9.47 Å². The molecule has 2 fully saturated rings. The first kappa shape index (κ1) is 7.56. The maximum absolute atomic E-state index is 5.58. The van der Waals surface area contributed by atoms with Crippen molar-refractivity contribution >= 4 is 0 Å². The first-order chi connectivity index (χ1) is 5.47. The predicted octanol–water partition coefficient (Wildman–Crippen LogP) is 1.75. The van der Waals surface area contributed by atoms with Gasteiger partial charge in [0.05, 0.1) is 12.7 Å². The van der Waals surface area contributed by atoms with Gasteiger partial charge in [0.2, 0.25) is 0 Å². The van der Waals surface area contributed by atoms with E-state index in [1.807, 2.05) is 6.61 Å². The monoisotopic (exact) mass is 155 g/mol. The normalized spacial score (nSPS) is 39.3. The first-order valence-corrected chi connectivity index (χ1v) is 4.53. The minimum Gasteiger partial charge on any atom is -0.378 e. The van der Waals surface area contributed by atoms with Crippen molar-refractivity contribution in [3.63, 3.8) is 0 Å². The number of hydrogen-bond donors (Lipinski definition) is 0. The van der Waals surface area contributed by atoms with Gasteiger partial charge in [-0.15, -0.1) is 0 Å². The van der Waals surface area contributed by atoms with E-state index in [1.165, 1.54) is 25.7 Å². The Labute approximate surface area is 67.9 Å². The lowest BCUT2D eigenvalue weighted by atomic mass is 9.94. The van der Waals surface area contributed by atoms with Gasteiger partial charge in [-0.05, 0) is 25.7 Å². The van der Waals surface area contributed by atoms with E-state index in [0.717, 1.165) is 13.2 Å². The fourth-order valence-electron chi connectivity index (χ4n) is 1.88. The Balaban J connectivity index is 1.82. The van der Waals surface area contributed by atoms with Crippen LogP contribution in [-0.2, 0) is 9.47 Å². The van der Waals surface area contributed by atoms with Crippen molar-refractivity contribution in [2.24, 2.45) is 5.92 Å². The first-order valence-electron chi connectivity index (χ1n) is 4.53. The van der Waals surface area contributed by atoms with Gasteiger partial charge in [0.1, 0.15) is 0 Å². The summed E-state index contributed by atoms with van der Waals surface area (Å²) in [5, 5.41) is 0. The average Bonchev–Trinajstić information content (AvgIpc) is 2.58. The summed E-state index contributed by atoms with van der Waals surface area (Å²) >= 11 is 0. The molecule has 0 aliphatic carbocycles. The fourth-order valence-corrected chi connectivity index (χ4v) is 1.88. The summed E-state index contributed by atoms with van der Waals surface area (Å²) in [5.41, 5.74) is 0. The molecule has 2 heterocycles. The van der Waals surface area contributed by atoms with Crippen LogP contribution in [0, 0.1) is 12.5 Å². The van der Waals surface area contributed by atoms with Crippen LogP contribution in [0.5, 0.6) is 0 Å². The zero-order valence-corrected chi connectivity index (χ0v) is 6.79. The summed E-state index contributed by atoms with van der Waals surface area (Å²) < 4.78 is 10.9. The highest BCUT2D eigenvalue weighted by Gasteiger charge is 2.27. The van der Waals surface area contributed by atoms with Gasteiger partial charge >= 0.3 is 0 Å². The van der Waals surface area contributed by atoms with Crippen LogP contribution in [0.1, 0.15) is 25.7 Å². The molecule has 1 radical (unpaired) electrons. The molecule has 2 heteroatoms. The van der Waals surface area contributed by atoms with Crippen molar-refractivity contribution in [1.82, 2.24) is 0 Å². The van der Waals surface area contributed by atoms with E-state index in [1.54, 1.807) is 0 Å². The highest BCUT2D eigenvalue weighted by atomic mass is 16.5. The zero-order valence-electron chi connectivity index (χ0n) is 6.79. The second-order valence-corrected chi connectivity index (χ2v) is 3.36.